The van der Waals surface area contributed by atoms with E-state index in [1.807, 2.05) is 0 Å². The van der Waals surface area contributed by atoms with E-state index in [4.69, 9.17) is 27.9 Å². The summed E-state index contributed by atoms with van der Waals surface area (Å²) in [5.74, 6) is -3.60. The van der Waals surface area contributed by atoms with E-state index in [-0.39, 0.29) is 35.1 Å². The minimum Gasteiger partial charge on any atom is -0.479 e. The Balaban J connectivity index is 1.48. The van der Waals surface area contributed by atoms with Crippen molar-refractivity contribution >= 4 is 46.7 Å². The van der Waals surface area contributed by atoms with E-state index in [2.05, 4.69) is 34.8 Å². The van der Waals surface area contributed by atoms with Crippen LogP contribution in [-0.2, 0) is 24.5 Å². The van der Waals surface area contributed by atoms with Crippen LogP contribution in [-0.4, -0.2) is 57.7 Å². The topological polar surface area (TPSA) is 130 Å². The molecule has 43 heavy (non-hydrogen) atoms. The van der Waals surface area contributed by atoms with Crippen LogP contribution < -0.4 is 16.0 Å². The van der Waals surface area contributed by atoms with Gasteiger partial charge in [-0.15, -0.1) is 0 Å². The number of nitrogens with zero attached hydrogens (tertiary/aromatic N) is 1. The summed E-state index contributed by atoms with van der Waals surface area (Å²) in [6.45, 7) is 5.88. The van der Waals surface area contributed by atoms with Crippen LogP contribution in [0.5, 0.6) is 0 Å². The number of aromatic nitrogens is 1. The molecule has 2 aromatic rings. The summed E-state index contributed by atoms with van der Waals surface area (Å²) in [4.78, 5) is 44.4. The van der Waals surface area contributed by atoms with Crippen molar-refractivity contribution in [1.29, 1.82) is 0 Å². The van der Waals surface area contributed by atoms with Crippen LogP contribution >= 0.6 is 23.2 Å². The highest BCUT2D eigenvalue weighted by atomic mass is 35.5. The number of halogens is 3. The Labute approximate surface area is 259 Å². The number of rotatable bonds is 4. The molecule has 1 aromatic carbocycles. The van der Waals surface area contributed by atoms with Crippen LogP contribution in [0.4, 0.5) is 10.1 Å². The lowest BCUT2D eigenvalue weighted by Crippen LogP contribution is -2.61. The smallest absolute Gasteiger partial charge is 0.335 e. The number of hydrogen-bond acceptors (Lipinski definition) is 6. The zero-order valence-electron chi connectivity index (χ0n) is 24.2. The van der Waals surface area contributed by atoms with E-state index in [0.717, 1.165) is 12.8 Å². The van der Waals surface area contributed by atoms with E-state index in [9.17, 15) is 19.5 Å². The number of aliphatic carboxylic acids is 1. The molecule has 5 atom stereocenters. The third-order valence-electron chi connectivity index (χ3n) is 10.3. The van der Waals surface area contributed by atoms with E-state index >= 15 is 4.39 Å². The molecule has 6 rings (SSSR count). The Morgan fingerprint density at radius 3 is 2.49 bits per heavy atom. The first-order chi connectivity index (χ1) is 20.2. The van der Waals surface area contributed by atoms with Gasteiger partial charge in [-0.1, -0.05) is 43.1 Å². The number of benzene rings is 1. The molecule has 1 aliphatic carbocycles. The van der Waals surface area contributed by atoms with E-state index in [0.29, 0.717) is 35.5 Å². The molecule has 230 valence electrons. The lowest BCUT2D eigenvalue weighted by atomic mass is 9.53. The number of ether oxygens (including phenoxy) is 1. The van der Waals surface area contributed by atoms with Gasteiger partial charge in [0.2, 0.25) is 11.8 Å². The number of hydrogen-bond donors (Lipinski definition) is 4. The Bertz CT molecular complexity index is 1500. The molecule has 3 fully saturated rings. The molecule has 2 spiro atoms. The maximum Gasteiger partial charge on any atom is 0.335 e. The summed E-state index contributed by atoms with van der Waals surface area (Å²) in [7, 11) is 0. The zero-order chi connectivity index (χ0) is 30.9. The number of carbonyl (C=O) groups is 3. The fourth-order valence-electron chi connectivity index (χ4n) is 7.79. The Morgan fingerprint density at radius 2 is 1.84 bits per heavy atom. The van der Waals surface area contributed by atoms with Gasteiger partial charge in [0.15, 0.2) is 16.6 Å². The fourth-order valence-corrected chi connectivity index (χ4v) is 8.13. The fraction of sp³-hybridized carbons (Fsp3) is 0.548. The Morgan fingerprint density at radius 1 is 1.12 bits per heavy atom. The molecular weight excluding hydrogens is 598 g/mol. The third kappa shape index (κ3) is 4.64. The van der Waals surface area contributed by atoms with Crippen molar-refractivity contribution in [2.45, 2.75) is 93.9 Å². The molecule has 3 aliphatic heterocycles. The number of nitrogens with one attached hydrogen (secondary N) is 3. The number of pyridine rings is 1. The number of carbonyl (C=O) groups excluding carboxylic acids is 2. The van der Waals surface area contributed by atoms with Crippen LogP contribution in [0.15, 0.2) is 30.5 Å². The molecule has 0 bridgehead atoms. The van der Waals surface area contributed by atoms with E-state index < -0.39 is 52.3 Å². The number of carboxylic acid groups (broad SMARTS) is 1. The standard InChI is InChI=1S/C31H35Cl2FN4O5/c1-28(2)9-11-30(12-10-28)31(19-5-4-16(32)14-20(19)37-26(31)40)21(18-7-13-35-24(33)22(18)34)23(38-30)25(39)36-17-6-8-29(3,27(41)42)43-15-17/h4-5,7,13-14,17,21,23,38H,6,8-12,15H2,1-3H3,(H,36,39)(H,37,40)(H,41,42)/t17-,21+,23-,29+,31-/m1/s1. The molecule has 2 saturated heterocycles. The summed E-state index contributed by atoms with van der Waals surface area (Å²) in [6, 6.07) is 5.19. The molecule has 1 saturated carbocycles. The summed E-state index contributed by atoms with van der Waals surface area (Å²) >= 11 is 12.5. The largest absolute Gasteiger partial charge is 0.479 e. The molecule has 1 aromatic heterocycles. The average Bonchev–Trinajstić information content (AvgIpc) is 3.41. The summed E-state index contributed by atoms with van der Waals surface area (Å²) in [5, 5.41) is 19.3. The second-order valence-corrected chi connectivity index (χ2v) is 14.2. The number of anilines is 1. The first-order valence-corrected chi connectivity index (χ1v) is 15.4. The number of amides is 2. The van der Waals surface area contributed by atoms with Gasteiger partial charge in [0.1, 0.15) is 5.41 Å². The van der Waals surface area contributed by atoms with Gasteiger partial charge in [-0.05, 0) is 80.2 Å². The summed E-state index contributed by atoms with van der Waals surface area (Å²) < 4.78 is 21.7. The van der Waals surface area contributed by atoms with Crippen molar-refractivity contribution in [3.63, 3.8) is 0 Å². The Hall–Kier alpha value is -2.79. The lowest BCUT2D eigenvalue weighted by Gasteiger charge is -2.50. The van der Waals surface area contributed by atoms with Crippen molar-refractivity contribution < 1.29 is 28.6 Å². The zero-order valence-corrected chi connectivity index (χ0v) is 25.7. The molecule has 2 amide bonds. The molecule has 12 heteroatoms. The monoisotopic (exact) mass is 632 g/mol. The molecule has 0 radical (unpaired) electrons. The SMILES string of the molecule is CC1(C)CCC2(CC1)N[C@@H](C(=O)N[C@@H]1CC[C@@](C)(C(=O)O)OC1)[C@H](c1ccnc(Cl)c1F)[C@]21C(=O)Nc2cc(Cl)ccc21. The lowest BCUT2D eigenvalue weighted by molar-refractivity contribution is -0.171. The summed E-state index contributed by atoms with van der Waals surface area (Å²) in [5.41, 5.74) is -2.28. The van der Waals surface area contributed by atoms with Gasteiger partial charge in [0.05, 0.1) is 18.7 Å². The number of carboxylic acids is 1. The minimum absolute atomic E-state index is 0.00761. The van der Waals surface area contributed by atoms with Crippen LogP contribution in [0.3, 0.4) is 0 Å². The van der Waals surface area contributed by atoms with Crippen molar-refractivity contribution in [1.82, 2.24) is 15.6 Å². The molecule has 4 heterocycles. The second kappa shape index (κ2) is 10.4. The van der Waals surface area contributed by atoms with Crippen LogP contribution in [0.1, 0.15) is 76.3 Å². The van der Waals surface area contributed by atoms with Gasteiger partial charge < -0.3 is 20.5 Å². The molecule has 4 N–H and O–H groups in total. The first kappa shape index (κ1) is 30.2. The highest BCUT2D eigenvalue weighted by Crippen LogP contribution is 2.64. The van der Waals surface area contributed by atoms with E-state index in [1.165, 1.54) is 19.2 Å². The van der Waals surface area contributed by atoms with Crippen LogP contribution in [0.25, 0.3) is 0 Å². The van der Waals surface area contributed by atoms with Gasteiger partial charge >= 0.3 is 5.97 Å². The molecular formula is C31H35Cl2FN4O5. The Kier molecular flexibility index (Phi) is 7.31. The molecule has 4 aliphatic rings. The average molecular weight is 634 g/mol. The van der Waals surface area contributed by atoms with Crippen molar-refractivity contribution in [2.75, 3.05) is 11.9 Å². The minimum atomic E-state index is -1.37. The maximum atomic E-state index is 16.0. The highest BCUT2D eigenvalue weighted by Gasteiger charge is 2.73. The maximum absolute atomic E-state index is 16.0. The van der Waals surface area contributed by atoms with Gasteiger partial charge in [-0.2, -0.15) is 0 Å². The second-order valence-electron chi connectivity index (χ2n) is 13.4. The third-order valence-corrected chi connectivity index (χ3v) is 10.8. The quantitative estimate of drug-likeness (QED) is 0.351. The molecule has 0 unspecified atom stereocenters. The van der Waals surface area contributed by atoms with Gasteiger partial charge in [0.25, 0.3) is 0 Å². The normalized spacial score (nSPS) is 32.4. The van der Waals surface area contributed by atoms with Gasteiger partial charge in [0, 0.05) is 28.4 Å². The predicted molar refractivity (Wildman–Crippen MR) is 159 cm³/mol. The van der Waals surface area contributed by atoms with Crippen LogP contribution in [0, 0.1) is 11.2 Å². The molecule has 9 nitrogen and oxygen atoms in total. The summed E-state index contributed by atoms with van der Waals surface area (Å²) in [6.07, 6.45) is 4.68. The van der Waals surface area contributed by atoms with Crippen molar-refractivity contribution in [3.05, 3.63) is 57.6 Å². The van der Waals surface area contributed by atoms with Crippen molar-refractivity contribution in [2.24, 2.45) is 5.41 Å². The van der Waals surface area contributed by atoms with Gasteiger partial charge in [-0.3, -0.25) is 14.9 Å². The first-order valence-electron chi connectivity index (χ1n) is 14.6. The van der Waals surface area contributed by atoms with Crippen molar-refractivity contribution in [3.8, 4) is 0 Å². The highest BCUT2D eigenvalue weighted by molar-refractivity contribution is 6.31. The van der Waals surface area contributed by atoms with E-state index in [1.54, 1.807) is 18.2 Å². The van der Waals surface area contributed by atoms with Crippen LogP contribution in [0.2, 0.25) is 10.2 Å². The van der Waals surface area contributed by atoms with Gasteiger partial charge in [-0.25, -0.2) is 14.2 Å². The number of fused-ring (bicyclic) bond motifs is 3. The predicted octanol–water partition coefficient (Wildman–Crippen LogP) is 4.95.